The maximum Gasteiger partial charge on any atom is 0.433 e. The van der Waals surface area contributed by atoms with Crippen LogP contribution in [0.1, 0.15) is 5.69 Å². The first-order chi connectivity index (χ1) is 9.57. The summed E-state index contributed by atoms with van der Waals surface area (Å²) in [4.78, 5) is 12.8. The summed E-state index contributed by atoms with van der Waals surface area (Å²) < 4.78 is 61.8. The highest BCUT2D eigenvalue weighted by Crippen LogP contribution is 2.32. The zero-order valence-electron chi connectivity index (χ0n) is 10.6. The molecule has 0 unspecified atom stereocenters. The number of anilines is 1. The minimum absolute atomic E-state index is 0.300. The van der Waals surface area contributed by atoms with E-state index >= 15 is 0 Å². The van der Waals surface area contributed by atoms with Crippen LogP contribution in [0.4, 0.5) is 24.5 Å². The molecule has 1 aromatic rings. The quantitative estimate of drug-likeness (QED) is 0.594. The van der Waals surface area contributed by atoms with Crippen LogP contribution in [0.5, 0.6) is 0 Å². The third-order valence-corrected chi connectivity index (χ3v) is 3.73. The molecule has 1 aromatic heterocycles. The second-order valence-electron chi connectivity index (χ2n) is 3.79. The van der Waals surface area contributed by atoms with E-state index in [1.165, 1.54) is 7.05 Å². The number of aromatic nitrogens is 1. The molecule has 0 atom stereocenters. The van der Waals surface area contributed by atoms with Gasteiger partial charge in [0.2, 0.25) is 10.0 Å². The first-order valence-corrected chi connectivity index (χ1v) is 7.09. The van der Waals surface area contributed by atoms with Crippen molar-refractivity contribution in [3.8, 4) is 0 Å². The third kappa shape index (κ3) is 4.82. The van der Waals surface area contributed by atoms with E-state index in [1.807, 2.05) is 4.72 Å². The lowest BCUT2D eigenvalue weighted by molar-refractivity contribution is -0.384. The molecule has 0 spiro atoms. The van der Waals surface area contributed by atoms with Crippen molar-refractivity contribution in [3.63, 3.8) is 0 Å². The molecule has 12 heteroatoms. The molecule has 0 aliphatic rings. The fraction of sp³-hybridized carbons (Fsp3) is 0.444. The molecule has 0 aromatic carbocycles. The molecule has 2 N–H and O–H groups in total. The van der Waals surface area contributed by atoms with Crippen molar-refractivity contribution in [2.75, 3.05) is 24.7 Å². The maximum atomic E-state index is 12.5. The van der Waals surface area contributed by atoms with Gasteiger partial charge < -0.3 is 5.32 Å². The summed E-state index contributed by atoms with van der Waals surface area (Å²) >= 11 is 0. The standard InChI is InChI=1S/C9H11F3N4O4S/c1-13-21(19,20)3-2-14-6-4-8(9(10,11)12)15-5-7(6)16(17)18/h4-5,13H,2-3H2,1H3,(H,14,15). The lowest BCUT2D eigenvalue weighted by atomic mass is 10.2. The van der Waals surface area contributed by atoms with Gasteiger partial charge in [0.05, 0.1) is 10.7 Å². The Balaban J connectivity index is 3.00. The molecule has 118 valence electrons. The summed E-state index contributed by atoms with van der Waals surface area (Å²) in [5, 5.41) is 13.0. The van der Waals surface area contributed by atoms with Crippen molar-refractivity contribution in [1.29, 1.82) is 0 Å². The largest absolute Gasteiger partial charge is 0.433 e. The molecular weight excluding hydrogens is 317 g/mol. The number of rotatable bonds is 6. The third-order valence-electron chi connectivity index (χ3n) is 2.37. The number of alkyl halides is 3. The minimum atomic E-state index is -4.76. The highest BCUT2D eigenvalue weighted by Gasteiger charge is 2.34. The van der Waals surface area contributed by atoms with Crippen LogP contribution in [0.15, 0.2) is 12.3 Å². The fourth-order valence-electron chi connectivity index (χ4n) is 1.31. The molecule has 0 bridgehead atoms. The summed E-state index contributed by atoms with van der Waals surface area (Å²) in [5.74, 6) is -0.454. The average Bonchev–Trinajstić information content (AvgIpc) is 2.37. The summed E-state index contributed by atoms with van der Waals surface area (Å²) in [6, 6.07) is 0.462. The predicted molar refractivity (Wildman–Crippen MR) is 67.2 cm³/mol. The number of pyridine rings is 1. The van der Waals surface area contributed by atoms with E-state index in [2.05, 4.69) is 10.3 Å². The molecule has 0 fully saturated rings. The lowest BCUT2D eigenvalue weighted by Gasteiger charge is -2.10. The van der Waals surface area contributed by atoms with Crippen LogP contribution >= 0.6 is 0 Å². The molecule has 0 aliphatic heterocycles. The van der Waals surface area contributed by atoms with Crippen molar-refractivity contribution >= 4 is 21.4 Å². The first-order valence-electron chi connectivity index (χ1n) is 5.43. The van der Waals surface area contributed by atoms with E-state index in [0.717, 1.165) is 0 Å². The van der Waals surface area contributed by atoms with Crippen LogP contribution in [0.2, 0.25) is 0 Å². The van der Waals surface area contributed by atoms with E-state index in [0.29, 0.717) is 12.3 Å². The topological polar surface area (TPSA) is 114 Å². The van der Waals surface area contributed by atoms with Crippen molar-refractivity contribution in [1.82, 2.24) is 9.71 Å². The molecular formula is C9H11F3N4O4S. The van der Waals surface area contributed by atoms with Crippen molar-refractivity contribution in [2.45, 2.75) is 6.18 Å². The van der Waals surface area contributed by atoms with Crippen LogP contribution in [-0.2, 0) is 16.2 Å². The number of halogens is 3. The smallest absolute Gasteiger partial charge is 0.378 e. The number of nitrogens with zero attached hydrogens (tertiary/aromatic N) is 2. The van der Waals surface area contributed by atoms with E-state index in [1.54, 1.807) is 0 Å². The Morgan fingerprint density at radius 3 is 2.52 bits per heavy atom. The maximum absolute atomic E-state index is 12.5. The van der Waals surface area contributed by atoms with Gasteiger partial charge in [0, 0.05) is 6.54 Å². The molecule has 1 rings (SSSR count). The van der Waals surface area contributed by atoms with Gasteiger partial charge in [0.25, 0.3) is 0 Å². The van der Waals surface area contributed by atoms with Crippen molar-refractivity contribution < 1.29 is 26.5 Å². The van der Waals surface area contributed by atoms with Crippen LogP contribution in [0.3, 0.4) is 0 Å². The van der Waals surface area contributed by atoms with Gasteiger partial charge in [0.15, 0.2) is 0 Å². The Hall–Kier alpha value is -1.95. The number of hydrogen-bond donors (Lipinski definition) is 2. The number of hydrogen-bond acceptors (Lipinski definition) is 6. The van der Waals surface area contributed by atoms with Crippen LogP contribution in [0.25, 0.3) is 0 Å². The van der Waals surface area contributed by atoms with E-state index in [-0.39, 0.29) is 6.54 Å². The number of nitrogens with one attached hydrogen (secondary N) is 2. The van der Waals surface area contributed by atoms with Crippen LogP contribution < -0.4 is 10.0 Å². The SMILES string of the molecule is CNS(=O)(=O)CCNc1cc(C(F)(F)F)ncc1[N+](=O)[O-]. The Kier molecular flexibility index (Phi) is 5.06. The molecule has 0 radical (unpaired) electrons. The Bertz CT molecular complexity index is 632. The Morgan fingerprint density at radius 2 is 2.05 bits per heavy atom. The van der Waals surface area contributed by atoms with Gasteiger partial charge in [-0.15, -0.1) is 0 Å². The normalized spacial score (nSPS) is 12.2. The fourth-order valence-corrected chi connectivity index (χ4v) is 1.89. The molecule has 0 amide bonds. The van der Waals surface area contributed by atoms with Crippen LogP contribution in [-0.4, -0.2) is 37.7 Å². The van der Waals surface area contributed by atoms with Gasteiger partial charge in [-0.2, -0.15) is 13.2 Å². The second-order valence-corrected chi connectivity index (χ2v) is 5.84. The molecule has 0 aliphatic carbocycles. The average molecular weight is 328 g/mol. The zero-order valence-corrected chi connectivity index (χ0v) is 11.5. The molecule has 8 nitrogen and oxygen atoms in total. The zero-order chi connectivity index (χ0) is 16.3. The minimum Gasteiger partial charge on any atom is -0.378 e. The first kappa shape index (κ1) is 17.1. The monoisotopic (exact) mass is 328 g/mol. The van der Waals surface area contributed by atoms with Gasteiger partial charge >= 0.3 is 11.9 Å². The highest BCUT2D eigenvalue weighted by molar-refractivity contribution is 7.89. The summed E-state index contributed by atoms with van der Waals surface area (Å²) in [7, 11) is -2.41. The van der Waals surface area contributed by atoms with Gasteiger partial charge in [-0.3, -0.25) is 10.1 Å². The number of sulfonamides is 1. The van der Waals surface area contributed by atoms with Gasteiger partial charge in [0.1, 0.15) is 17.6 Å². The highest BCUT2D eigenvalue weighted by atomic mass is 32.2. The van der Waals surface area contributed by atoms with Gasteiger partial charge in [-0.25, -0.2) is 18.1 Å². The molecule has 0 saturated heterocycles. The Morgan fingerprint density at radius 1 is 1.43 bits per heavy atom. The second kappa shape index (κ2) is 6.22. The number of nitro groups is 1. The summed E-state index contributed by atoms with van der Waals surface area (Å²) in [5.41, 5.74) is -2.44. The summed E-state index contributed by atoms with van der Waals surface area (Å²) in [6.45, 7) is -0.300. The molecule has 0 saturated carbocycles. The van der Waals surface area contributed by atoms with Crippen molar-refractivity contribution in [2.24, 2.45) is 0 Å². The Labute approximate surface area is 117 Å². The van der Waals surface area contributed by atoms with Gasteiger partial charge in [-0.1, -0.05) is 0 Å². The van der Waals surface area contributed by atoms with E-state index < -0.39 is 43.9 Å². The summed E-state index contributed by atoms with van der Waals surface area (Å²) in [6.07, 6.45) is -4.29. The van der Waals surface area contributed by atoms with Gasteiger partial charge in [-0.05, 0) is 13.1 Å². The van der Waals surface area contributed by atoms with Crippen LogP contribution in [0, 0.1) is 10.1 Å². The molecule has 1 heterocycles. The molecule has 21 heavy (non-hydrogen) atoms. The van der Waals surface area contributed by atoms with E-state index in [4.69, 9.17) is 0 Å². The predicted octanol–water partition coefficient (Wildman–Crippen LogP) is 0.970. The van der Waals surface area contributed by atoms with Crippen molar-refractivity contribution in [3.05, 3.63) is 28.1 Å². The lowest BCUT2D eigenvalue weighted by Crippen LogP contribution is -2.26. The van der Waals surface area contributed by atoms with E-state index in [9.17, 15) is 31.7 Å².